The zero-order valence-corrected chi connectivity index (χ0v) is 18.8. The minimum atomic E-state index is -0.298. The van der Waals surface area contributed by atoms with Gasteiger partial charge < -0.3 is 14.5 Å². The molecule has 2 fully saturated rings. The third-order valence-corrected chi connectivity index (χ3v) is 7.74. The maximum atomic E-state index is 13.4. The zero-order valence-electron chi connectivity index (χ0n) is 18.8. The Bertz CT molecular complexity index is 1180. The number of carbonyl (C=O) groups excluding carboxylic acids is 1. The highest BCUT2D eigenvalue weighted by Gasteiger charge is 2.40. The van der Waals surface area contributed by atoms with E-state index >= 15 is 0 Å². The van der Waals surface area contributed by atoms with Crippen molar-refractivity contribution < 1.29 is 14.3 Å². The highest BCUT2D eigenvalue weighted by Crippen LogP contribution is 2.44. The van der Waals surface area contributed by atoms with Gasteiger partial charge in [0.15, 0.2) is 5.78 Å². The summed E-state index contributed by atoms with van der Waals surface area (Å²) in [6.45, 7) is 9.17. The van der Waals surface area contributed by atoms with Gasteiger partial charge in [-0.3, -0.25) is 9.69 Å². The average molecular weight is 431 g/mol. The maximum Gasteiger partial charge on any atom is 0.195 e. The fraction of sp³-hybridized carbons (Fsp3) is 0.444. The number of ketones is 1. The van der Waals surface area contributed by atoms with E-state index in [2.05, 4.69) is 29.8 Å². The van der Waals surface area contributed by atoms with Crippen LogP contribution in [0.2, 0.25) is 0 Å². The van der Waals surface area contributed by atoms with Crippen molar-refractivity contribution >= 4 is 16.7 Å². The topological polar surface area (TPSA) is 54.6 Å². The monoisotopic (exact) mass is 430 g/mol. The van der Waals surface area contributed by atoms with Crippen molar-refractivity contribution in [1.82, 2.24) is 9.88 Å². The Morgan fingerprint density at radius 2 is 1.91 bits per heavy atom. The first-order valence-electron chi connectivity index (χ1n) is 11.8. The van der Waals surface area contributed by atoms with Crippen LogP contribution in [0.15, 0.2) is 42.5 Å². The summed E-state index contributed by atoms with van der Waals surface area (Å²) >= 11 is 0. The van der Waals surface area contributed by atoms with E-state index in [1.54, 1.807) is 0 Å². The summed E-state index contributed by atoms with van der Waals surface area (Å²) < 4.78 is 11.6. The lowest BCUT2D eigenvalue weighted by atomic mass is 9.71. The molecular formula is C27H30N2O3. The van der Waals surface area contributed by atoms with Gasteiger partial charge in [0.05, 0.1) is 31.4 Å². The molecule has 2 aliphatic heterocycles. The van der Waals surface area contributed by atoms with Crippen molar-refractivity contribution in [1.29, 1.82) is 0 Å². The molecule has 0 bridgehead atoms. The number of benzene rings is 2. The van der Waals surface area contributed by atoms with Gasteiger partial charge in [-0.05, 0) is 61.7 Å². The first-order chi connectivity index (χ1) is 15.5. The van der Waals surface area contributed by atoms with E-state index in [0.717, 1.165) is 71.9 Å². The molecule has 0 spiro atoms. The van der Waals surface area contributed by atoms with Crippen LogP contribution < -0.4 is 4.74 Å². The molecule has 1 aliphatic carbocycles. The second-order valence-corrected chi connectivity index (χ2v) is 10.1. The summed E-state index contributed by atoms with van der Waals surface area (Å²) in [5.74, 6) is 1.54. The Labute approximate surface area is 188 Å². The third-order valence-electron chi connectivity index (χ3n) is 7.74. The summed E-state index contributed by atoms with van der Waals surface area (Å²) in [6, 6.07) is 14.7. The molecule has 0 unspecified atom stereocenters. The number of carbonyl (C=O) groups is 1. The fourth-order valence-corrected chi connectivity index (χ4v) is 5.58. The van der Waals surface area contributed by atoms with E-state index < -0.39 is 0 Å². The van der Waals surface area contributed by atoms with Gasteiger partial charge in [0, 0.05) is 27.6 Å². The van der Waals surface area contributed by atoms with Crippen LogP contribution in [0.25, 0.3) is 10.9 Å². The van der Waals surface area contributed by atoms with Gasteiger partial charge in [0.25, 0.3) is 0 Å². The van der Waals surface area contributed by atoms with Gasteiger partial charge in [0.1, 0.15) is 5.75 Å². The summed E-state index contributed by atoms with van der Waals surface area (Å²) in [5.41, 5.74) is 4.36. The lowest BCUT2D eigenvalue weighted by Crippen LogP contribution is -2.52. The normalized spacial score (nSPS) is 21.2. The molecular weight excluding hydrogens is 400 g/mol. The summed E-state index contributed by atoms with van der Waals surface area (Å²) in [7, 11) is 0. The standard InChI is InChI=1S/C27H30N2O3/c1-27(2)22-13-19(32-14-17-9-11-29(12-10-17)18-15-31-16-18)7-8-20(22)25(30)24-21-5-3-4-6-23(21)28-26(24)27/h3-8,13,17-18,28H,9-12,14-16H2,1-2H3. The number of ether oxygens (including phenoxy) is 2. The van der Waals surface area contributed by atoms with Crippen molar-refractivity contribution in [3.8, 4) is 5.75 Å². The Hall–Kier alpha value is -2.63. The number of hydrogen-bond donors (Lipinski definition) is 1. The van der Waals surface area contributed by atoms with Crippen LogP contribution in [0.5, 0.6) is 5.75 Å². The Morgan fingerprint density at radius 1 is 1.12 bits per heavy atom. The molecule has 0 amide bonds. The summed E-state index contributed by atoms with van der Waals surface area (Å²) in [4.78, 5) is 19.5. The van der Waals surface area contributed by atoms with Crippen molar-refractivity contribution in [2.45, 2.75) is 38.1 Å². The van der Waals surface area contributed by atoms with Crippen LogP contribution in [0.4, 0.5) is 0 Å². The second-order valence-electron chi connectivity index (χ2n) is 10.1. The van der Waals surface area contributed by atoms with Crippen molar-refractivity contribution in [3.63, 3.8) is 0 Å². The number of H-pyrrole nitrogens is 1. The van der Waals surface area contributed by atoms with E-state index in [4.69, 9.17) is 9.47 Å². The number of para-hydroxylation sites is 1. The number of aromatic amines is 1. The number of likely N-dealkylation sites (tertiary alicyclic amines) is 1. The first-order valence-corrected chi connectivity index (χ1v) is 11.8. The predicted octanol–water partition coefficient (Wildman–Crippen LogP) is 4.53. The third kappa shape index (κ3) is 3.10. The molecule has 2 aromatic carbocycles. The lowest BCUT2D eigenvalue weighted by Gasteiger charge is -2.41. The number of fused-ring (bicyclic) bond motifs is 4. The zero-order chi connectivity index (χ0) is 21.9. The first kappa shape index (κ1) is 20.0. The molecule has 6 rings (SSSR count). The molecule has 0 saturated carbocycles. The lowest BCUT2D eigenvalue weighted by molar-refractivity contribution is -0.0750. The average Bonchev–Trinajstić information content (AvgIpc) is 3.17. The minimum absolute atomic E-state index is 0.102. The molecule has 1 N–H and O–H groups in total. The molecule has 166 valence electrons. The van der Waals surface area contributed by atoms with Crippen molar-refractivity contribution in [3.05, 3.63) is 64.8 Å². The highest BCUT2D eigenvalue weighted by molar-refractivity contribution is 6.20. The molecule has 1 aromatic heterocycles. The van der Waals surface area contributed by atoms with Gasteiger partial charge in [-0.25, -0.2) is 0 Å². The van der Waals surface area contributed by atoms with Crippen molar-refractivity contribution in [2.75, 3.05) is 32.9 Å². The van der Waals surface area contributed by atoms with Gasteiger partial charge in [-0.15, -0.1) is 0 Å². The van der Waals surface area contributed by atoms with Crippen LogP contribution in [0.1, 0.15) is 53.9 Å². The molecule has 0 radical (unpaired) electrons. The van der Waals surface area contributed by atoms with Gasteiger partial charge in [0.2, 0.25) is 0 Å². The minimum Gasteiger partial charge on any atom is -0.493 e. The number of piperidine rings is 1. The number of hydrogen-bond acceptors (Lipinski definition) is 4. The SMILES string of the molecule is CC1(C)c2cc(OCC3CCN(C4COC4)CC3)ccc2C(=O)c2c1[nH]c1ccccc21. The molecule has 0 atom stereocenters. The molecule has 2 saturated heterocycles. The van der Waals surface area contributed by atoms with E-state index in [1.807, 2.05) is 36.4 Å². The molecule has 3 aromatic rings. The van der Waals surface area contributed by atoms with Crippen LogP contribution in [0, 0.1) is 5.92 Å². The maximum absolute atomic E-state index is 13.4. The Kier molecular flexibility index (Phi) is 4.67. The smallest absolute Gasteiger partial charge is 0.195 e. The molecule has 3 heterocycles. The van der Waals surface area contributed by atoms with E-state index in [-0.39, 0.29) is 11.2 Å². The Morgan fingerprint density at radius 3 is 2.66 bits per heavy atom. The number of rotatable bonds is 4. The van der Waals surface area contributed by atoms with Gasteiger partial charge >= 0.3 is 0 Å². The number of nitrogens with one attached hydrogen (secondary N) is 1. The van der Waals surface area contributed by atoms with E-state index in [1.165, 1.54) is 12.8 Å². The fourth-order valence-electron chi connectivity index (χ4n) is 5.58. The van der Waals surface area contributed by atoms with Gasteiger partial charge in [-0.1, -0.05) is 32.0 Å². The van der Waals surface area contributed by atoms with Crippen LogP contribution in [0.3, 0.4) is 0 Å². The van der Waals surface area contributed by atoms with Gasteiger partial charge in [-0.2, -0.15) is 0 Å². The summed E-state index contributed by atoms with van der Waals surface area (Å²) in [5, 5.41) is 1.01. The predicted molar refractivity (Wildman–Crippen MR) is 125 cm³/mol. The molecule has 5 nitrogen and oxygen atoms in total. The molecule has 5 heteroatoms. The van der Waals surface area contributed by atoms with Crippen molar-refractivity contribution in [2.24, 2.45) is 5.92 Å². The Balaban J connectivity index is 1.21. The largest absolute Gasteiger partial charge is 0.493 e. The quantitative estimate of drug-likeness (QED) is 0.661. The molecule has 3 aliphatic rings. The summed E-state index contributed by atoms with van der Waals surface area (Å²) in [6.07, 6.45) is 2.34. The van der Waals surface area contributed by atoms with E-state index in [9.17, 15) is 4.79 Å². The molecule has 32 heavy (non-hydrogen) atoms. The second kappa shape index (κ2) is 7.46. The number of aromatic nitrogens is 1. The highest BCUT2D eigenvalue weighted by atomic mass is 16.5. The van der Waals surface area contributed by atoms with Crippen LogP contribution in [-0.4, -0.2) is 54.6 Å². The number of nitrogens with zero attached hydrogens (tertiary/aromatic N) is 1. The van der Waals surface area contributed by atoms with E-state index in [0.29, 0.717) is 12.0 Å². The van der Waals surface area contributed by atoms with Crippen LogP contribution >= 0.6 is 0 Å². The van der Waals surface area contributed by atoms with Crippen LogP contribution in [-0.2, 0) is 10.2 Å².